The van der Waals surface area contributed by atoms with Crippen molar-refractivity contribution in [2.24, 2.45) is 0 Å². The van der Waals surface area contributed by atoms with Crippen molar-refractivity contribution < 1.29 is 19.1 Å². The Morgan fingerprint density at radius 2 is 1.69 bits per heavy atom. The van der Waals surface area contributed by atoms with Gasteiger partial charge in [0.25, 0.3) is 11.8 Å². The van der Waals surface area contributed by atoms with Crippen LogP contribution in [0.1, 0.15) is 21.5 Å². The first kappa shape index (κ1) is 21.4. The highest BCUT2D eigenvalue weighted by Crippen LogP contribution is 2.12. The Hall–Kier alpha value is -3.92. The summed E-state index contributed by atoms with van der Waals surface area (Å²) in [6, 6.07) is 15.4. The van der Waals surface area contributed by atoms with Crippen LogP contribution in [0.25, 0.3) is 6.08 Å². The number of anilines is 1. The number of ether oxygens (including phenoxy) is 1. The number of benzene rings is 2. The van der Waals surface area contributed by atoms with E-state index in [-0.39, 0.29) is 11.5 Å². The van der Waals surface area contributed by atoms with Gasteiger partial charge in [-0.1, -0.05) is 29.8 Å². The highest BCUT2D eigenvalue weighted by atomic mass is 16.5. The summed E-state index contributed by atoms with van der Waals surface area (Å²) < 4.78 is 4.92. The lowest BCUT2D eigenvalue weighted by Crippen LogP contribution is -2.22. The summed E-state index contributed by atoms with van der Waals surface area (Å²) in [6.07, 6.45) is 1.40. The summed E-state index contributed by atoms with van der Waals surface area (Å²) in [5, 5.41) is 11.7. The van der Waals surface area contributed by atoms with Crippen molar-refractivity contribution in [1.82, 2.24) is 4.90 Å². The molecule has 0 spiro atoms. The van der Waals surface area contributed by atoms with Crippen molar-refractivity contribution in [2.75, 3.05) is 26.0 Å². The summed E-state index contributed by atoms with van der Waals surface area (Å²) in [5.74, 6) is -1.59. The van der Waals surface area contributed by atoms with E-state index in [4.69, 9.17) is 4.74 Å². The van der Waals surface area contributed by atoms with Gasteiger partial charge in [0.15, 0.2) is 6.61 Å². The van der Waals surface area contributed by atoms with Crippen LogP contribution in [0, 0.1) is 18.3 Å². The molecular weight excluding hydrogens is 370 g/mol. The van der Waals surface area contributed by atoms with Gasteiger partial charge in [0.1, 0.15) is 11.6 Å². The highest BCUT2D eigenvalue weighted by Gasteiger charge is 2.14. The third-order valence-corrected chi connectivity index (χ3v) is 3.88. The highest BCUT2D eigenvalue weighted by molar-refractivity contribution is 6.00. The zero-order valence-corrected chi connectivity index (χ0v) is 16.4. The van der Waals surface area contributed by atoms with Crippen LogP contribution < -0.4 is 5.32 Å². The molecule has 0 aliphatic carbocycles. The number of carbonyl (C=O) groups excluding carboxylic acids is 3. The molecule has 0 fully saturated rings. The minimum absolute atomic E-state index is 0.152. The number of hydrogen-bond acceptors (Lipinski definition) is 5. The number of nitrogens with zero attached hydrogens (tertiary/aromatic N) is 2. The molecule has 29 heavy (non-hydrogen) atoms. The largest absolute Gasteiger partial charge is 0.451 e. The molecule has 0 aliphatic rings. The molecule has 0 atom stereocenters. The van der Waals surface area contributed by atoms with Crippen LogP contribution in [-0.2, 0) is 14.3 Å². The van der Waals surface area contributed by atoms with Crippen molar-refractivity contribution in [2.45, 2.75) is 6.92 Å². The van der Waals surface area contributed by atoms with Crippen LogP contribution in [0.5, 0.6) is 0 Å². The summed E-state index contributed by atoms with van der Waals surface area (Å²) in [7, 11) is 3.30. The van der Waals surface area contributed by atoms with Crippen LogP contribution >= 0.6 is 0 Å². The number of nitriles is 1. The minimum Gasteiger partial charge on any atom is -0.451 e. The Morgan fingerprint density at radius 1 is 1.07 bits per heavy atom. The molecule has 2 aromatic carbocycles. The lowest BCUT2D eigenvalue weighted by molar-refractivity contribution is -0.142. The molecule has 0 aromatic heterocycles. The standard InChI is InChI=1S/C22H21N3O4/c1-15-4-6-16(7-5-15)12-18(13-23)22(28)29-14-20(26)24-19-10-8-17(9-11-19)21(27)25(2)3/h4-12H,14H2,1-3H3,(H,24,26)/b18-12+. The third-order valence-electron chi connectivity index (χ3n) is 3.88. The molecule has 0 bridgehead atoms. The SMILES string of the molecule is Cc1ccc(/C=C(\C#N)C(=O)OCC(=O)Nc2ccc(C(=O)N(C)C)cc2)cc1. The summed E-state index contributed by atoms with van der Waals surface area (Å²) in [4.78, 5) is 37.3. The van der Waals surface area contributed by atoms with E-state index in [0.29, 0.717) is 16.8 Å². The molecule has 0 aliphatic heterocycles. The van der Waals surface area contributed by atoms with Gasteiger partial charge in [0.05, 0.1) is 0 Å². The number of amides is 2. The van der Waals surface area contributed by atoms with Gasteiger partial charge in [0.2, 0.25) is 0 Å². The first-order valence-electron chi connectivity index (χ1n) is 8.77. The fraction of sp³-hybridized carbons (Fsp3) is 0.182. The maximum Gasteiger partial charge on any atom is 0.349 e. The number of esters is 1. The van der Waals surface area contributed by atoms with Crippen molar-refractivity contribution in [1.29, 1.82) is 5.26 Å². The Labute approximate surface area is 169 Å². The van der Waals surface area contributed by atoms with Gasteiger partial charge in [-0.05, 0) is 42.8 Å². The van der Waals surface area contributed by atoms with Crippen molar-refractivity contribution >= 4 is 29.5 Å². The van der Waals surface area contributed by atoms with E-state index < -0.39 is 18.5 Å². The number of aryl methyl sites for hydroxylation is 1. The molecule has 1 N–H and O–H groups in total. The molecule has 2 amide bonds. The number of nitrogens with one attached hydrogen (secondary N) is 1. The van der Waals surface area contributed by atoms with Gasteiger partial charge >= 0.3 is 5.97 Å². The average molecular weight is 391 g/mol. The van der Waals surface area contributed by atoms with E-state index >= 15 is 0 Å². The van der Waals surface area contributed by atoms with E-state index in [0.717, 1.165) is 5.56 Å². The van der Waals surface area contributed by atoms with Gasteiger partial charge < -0.3 is 15.0 Å². The van der Waals surface area contributed by atoms with Crippen molar-refractivity contribution in [3.8, 4) is 6.07 Å². The smallest absolute Gasteiger partial charge is 0.349 e. The Bertz CT molecular complexity index is 969. The zero-order chi connectivity index (χ0) is 21.4. The molecule has 148 valence electrons. The van der Waals surface area contributed by atoms with Crippen molar-refractivity contribution in [3.05, 3.63) is 70.8 Å². The molecule has 7 heteroatoms. The maximum absolute atomic E-state index is 12.1. The lowest BCUT2D eigenvalue weighted by atomic mass is 10.1. The van der Waals surface area contributed by atoms with Crippen LogP contribution in [-0.4, -0.2) is 43.4 Å². The van der Waals surface area contributed by atoms with E-state index in [1.54, 1.807) is 56.6 Å². The second kappa shape index (κ2) is 9.85. The minimum atomic E-state index is -0.879. The molecule has 7 nitrogen and oxygen atoms in total. The number of hydrogen-bond donors (Lipinski definition) is 1. The van der Waals surface area contributed by atoms with E-state index in [2.05, 4.69) is 5.32 Å². The average Bonchev–Trinajstić information content (AvgIpc) is 2.71. The summed E-state index contributed by atoms with van der Waals surface area (Å²) in [6.45, 7) is 1.39. The van der Waals surface area contributed by atoms with Gasteiger partial charge in [-0.2, -0.15) is 5.26 Å². The second-order valence-corrected chi connectivity index (χ2v) is 6.48. The predicted octanol–water partition coefficient (Wildman–Crippen LogP) is 2.79. The Morgan fingerprint density at radius 3 is 2.24 bits per heavy atom. The molecule has 0 saturated heterocycles. The zero-order valence-electron chi connectivity index (χ0n) is 16.4. The quantitative estimate of drug-likeness (QED) is 0.464. The molecular formula is C22H21N3O4. The first-order valence-corrected chi connectivity index (χ1v) is 8.77. The third kappa shape index (κ3) is 6.33. The van der Waals surface area contributed by atoms with Gasteiger partial charge in [-0.3, -0.25) is 9.59 Å². The molecule has 0 radical (unpaired) electrons. The van der Waals surface area contributed by atoms with Crippen LogP contribution in [0.3, 0.4) is 0 Å². The first-order chi connectivity index (χ1) is 13.8. The van der Waals surface area contributed by atoms with Crippen LogP contribution in [0.4, 0.5) is 5.69 Å². The van der Waals surface area contributed by atoms with Crippen LogP contribution in [0.2, 0.25) is 0 Å². The second-order valence-electron chi connectivity index (χ2n) is 6.48. The summed E-state index contributed by atoms with van der Waals surface area (Å²) in [5.41, 5.74) is 2.48. The molecule has 0 unspecified atom stereocenters. The predicted molar refractivity (Wildman–Crippen MR) is 109 cm³/mol. The summed E-state index contributed by atoms with van der Waals surface area (Å²) >= 11 is 0. The molecule has 2 aromatic rings. The van der Waals surface area contributed by atoms with Gasteiger partial charge in [-0.15, -0.1) is 0 Å². The molecule has 0 heterocycles. The van der Waals surface area contributed by atoms with Crippen molar-refractivity contribution in [3.63, 3.8) is 0 Å². The van der Waals surface area contributed by atoms with Crippen LogP contribution in [0.15, 0.2) is 54.1 Å². The Kier molecular flexibility index (Phi) is 7.26. The number of carbonyl (C=O) groups is 3. The molecule has 0 saturated carbocycles. The number of rotatable bonds is 6. The van der Waals surface area contributed by atoms with Gasteiger partial charge in [0, 0.05) is 25.3 Å². The van der Waals surface area contributed by atoms with E-state index in [1.165, 1.54) is 11.0 Å². The van der Waals surface area contributed by atoms with E-state index in [9.17, 15) is 19.6 Å². The normalized spacial score (nSPS) is 10.6. The van der Waals surface area contributed by atoms with Gasteiger partial charge in [-0.25, -0.2) is 4.79 Å². The molecule has 2 rings (SSSR count). The fourth-order valence-corrected chi connectivity index (χ4v) is 2.33. The van der Waals surface area contributed by atoms with E-state index in [1.807, 2.05) is 19.1 Å². The lowest BCUT2D eigenvalue weighted by Gasteiger charge is -2.11. The topological polar surface area (TPSA) is 99.5 Å². The monoisotopic (exact) mass is 391 g/mol. The Balaban J connectivity index is 1.92. The fourth-order valence-electron chi connectivity index (χ4n) is 2.33. The maximum atomic E-state index is 12.1.